The number of nitrogens with one attached hydrogen (secondary N) is 1. The minimum absolute atomic E-state index is 0.0114. The number of nitrogens with zero attached hydrogens (tertiary/aromatic N) is 1. The summed E-state index contributed by atoms with van der Waals surface area (Å²) in [6, 6.07) is 6.20. The molecule has 0 heterocycles. The Morgan fingerprint density at radius 1 is 1.29 bits per heavy atom. The fraction of sp³-hybridized carbons (Fsp3) is 0.647. The molecule has 1 aromatic carbocycles. The van der Waals surface area contributed by atoms with Gasteiger partial charge in [-0.25, -0.2) is 4.39 Å². The van der Waals surface area contributed by atoms with Crippen molar-refractivity contribution in [3.8, 4) is 5.75 Å². The van der Waals surface area contributed by atoms with E-state index in [1.807, 2.05) is 13.1 Å². The molecule has 1 aliphatic rings. The monoisotopic (exact) mass is 294 g/mol. The lowest BCUT2D eigenvalue weighted by molar-refractivity contribution is 0.132. The molecule has 0 aliphatic heterocycles. The van der Waals surface area contributed by atoms with E-state index in [-0.39, 0.29) is 11.9 Å². The van der Waals surface area contributed by atoms with Crippen LogP contribution in [0.1, 0.15) is 44.2 Å². The van der Waals surface area contributed by atoms with Gasteiger partial charge in [-0.3, -0.25) is 4.90 Å². The number of hydrogen-bond acceptors (Lipinski definition) is 3. The molecule has 0 bridgehead atoms. The molecule has 21 heavy (non-hydrogen) atoms. The highest BCUT2D eigenvalue weighted by atomic mass is 19.1. The van der Waals surface area contributed by atoms with Crippen molar-refractivity contribution in [3.05, 3.63) is 29.6 Å². The quantitative estimate of drug-likeness (QED) is 0.901. The molecule has 1 aromatic rings. The van der Waals surface area contributed by atoms with E-state index in [0.717, 1.165) is 12.8 Å². The lowest BCUT2D eigenvalue weighted by Crippen LogP contribution is -2.41. The van der Waals surface area contributed by atoms with Gasteiger partial charge < -0.3 is 10.1 Å². The predicted octanol–water partition coefficient (Wildman–Crippen LogP) is 3.36. The normalized spacial score (nSPS) is 24.1. The molecule has 3 nitrogen and oxygen atoms in total. The zero-order valence-electron chi connectivity index (χ0n) is 13.5. The Balaban J connectivity index is 2.11. The van der Waals surface area contributed by atoms with Crippen LogP contribution in [0.3, 0.4) is 0 Å². The molecule has 1 N–H and O–H groups in total. The first kappa shape index (κ1) is 16.2. The second-order valence-corrected chi connectivity index (χ2v) is 5.99. The molecular formula is C17H27FN2O. The van der Waals surface area contributed by atoms with Gasteiger partial charge in [0, 0.05) is 23.7 Å². The summed E-state index contributed by atoms with van der Waals surface area (Å²) in [7, 11) is 5.73. The van der Waals surface area contributed by atoms with Gasteiger partial charge in [-0.15, -0.1) is 0 Å². The molecule has 0 aromatic heterocycles. The third kappa shape index (κ3) is 3.55. The topological polar surface area (TPSA) is 24.5 Å². The zero-order valence-corrected chi connectivity index (χ0v) is 13.5. The number of halogens is 1. The Hall–Kier alpha value is -1.13. The SMILES string of the molecule is CNC1CCC(N(C)C(C)c2c(F)cccc2OC)CC1. The lowest BCUT2D eigenvalue weighted by atomic mass is 9.89. The van der Waals surface area contributed by atoms with Crippen molar-refractivity contribution >= 4 is 0 Å². The van der Waals surface area contributed by atoms with Crippen LogP contribution in [0.4, 0.5) is 4.39 Å². The number of methoxy groups -OCH3 is 1. The molecule has 4 heteroatoms. The van der Waals surface area contributed by atoms with Crippen molar-refractivity contribution in [1.29, 1.82) is 0 Å². The number of benzene rings is 1. The molecule has 0 saturated heterocycles. The van der Waals surface area contributed by atoms with Crippen molar-refractivity contribution in [2.24, 2.45) is 0 Å². The van der Waals surface area contributed by atoms with Crippen LogP contribution in [0.2, 0.25) is 0 Å². The van der Waals surface area contributed by atoms with E-state index in [0.29, 0.717) is 23.4 Å². The average molecular weight is 294 g/mol. The third-order valence-corrected chi connectivity index (χ3v) is 4.94. The van der Waals surface area contributed by atoms with Crippen LogP contribution < -0.4 is 10.1 Å². The first-order chi connectivity index (χ1) is 10.1. The predicted molar refractivity (Wildman–Crippen MR) is 84.2 cm³/mol. The van der Waals surface area contributed by atoms with Crippen molar-refractivity contribution in [1.82, 2.24) is 10.2 Å². The van der Waals surface area contributed by atoms with Gasteiger partial charge >= 0.3 is 0 Å². The summed E-state index contributed by atoms with van der Waals surface area (Å²) >= 11 is 0. The second-order valence-electron chi connectivity index (χ2n) is 5.99. The fourth-order valence-electron chi connectivity index (χ4n) is 3.39. The maximum absolute atomic E-state index is 14.2. The van der Waals surface area contributed by atoms with Gasteiger partial charge in [0.1, 0.15) is 11.6 Å². The van der Waals surface area contributed by atoms with Crippen LogP contribution in [-0.2, 0) is 0 Å². The van der Waals surface area contributed by atoms with E-state index < -0.39 is 0 Å². The standard InChI is InChI=1S/C17H27FN2O/c1-12(17-15(18)6-5-7-16(17)21-4)20(3)14-10-8-13(19-2)9-11-14/h5-7,12-14,19H,8-11H2,1-4H3. The van der Waals surface area contributed by atoms with Gasteiger partial charge in [-0.2, -0.15) is 0 Å². The molecule has 1 saturated carbocycles. The number of hydrogen-bond donors (Lipinski definition) is 1. The Kier molecular flexibility index (Phi) is 5.59. The lowest BCUT2D eigenvalue weighted by Gasteiger charge is -2.38. The summed E-state index contributed by atoms with van der Waals surface area (Å²) in [6.45, 7) is 2.06. The minimum Gasteiger partial charge on any atom is -0.496 e. The van der Waals surface area contributed by atoms with Crippen LogP contribution in [0.15, 0.2) is 18.2 Å². The molecule has 0 radical (unpaired) electrons. The largest absolute Gasteiger partial charge is 0.496 e. The van der Waals surface area contributed by atoms with Crippen molar-refractivity contribution in [2.45, 2.75) is 50.7 Å². The van der Waals surface area contributed by atoms with E-state index >= 15 is 0 Å². The van der Waals surface area contributed by atoms with E-state index in [1.165, 1.54) is 18.9 Å². The molecule has 1 aliphatic carbocycles. The van der Waals surface area contributed by atoms with Gasteiger partial charge in [-0.05, 0) is 58.8 Å². The second kappa shape index (κ2) is 7.23. The number of ether oxygens (including phenoxy) is 1. The highest BCUT2D eigenvalue weighted by Crippen LogP contribution is 2.34. The van der Waals surface area contributed by atoms with E-state index in [9.17, 15) is 4.39 Å². The van der Waals surface area contributed by atoms with E-state index in [2.05, 4.69) is 24.2 Å². The summed E-state index contributed by atoms with van der Waals surface area (Å²) in [5, 5.41) is 3.35. The molecule has 1 atom stereocenters. The molecule has 1 fully saturated rings. The third-order valence-electron chi connectivity index (χ3n) is 4.94. The first-order valence-electron chi connectivity index (χ1n) is 7.80. The van der Waals surface area contributed by atoms with Gasteiger partial charge in [0.05, 0.1) is 7.11 Å². The summed E-state index contributed by atoms with van der Waals surface area (Å²) in [5.41, 5.74) is 0.665. The molecule has 2 rings (SSSR count). The van der Waals surface area contributed by atoms with E-state index in [4.69, 9.17) is 4.74 Å². The Labute approximate surface area is 127 Å². The van der Waals surface area contributed by atoms with Crippen molar-refractivity contribution < 1.29 is 9.13 Å². The Morgan fingerprint density at radius 2 is 1.95 bits per heavy atom. The summed E-state index contributed by atoms with van der Waals surface area (Å²) in [4.78, 5) is 2.30. The first-order valence-corrected chi connectivity index (χ1v) is 7.80. The average Bonchev–Trinajstić information content (AvgIpc) is 2.53. The Bertz CT molecular complexity index is 458. The van der Waals surface area contributed by atoms with Crippen molar-refractivity contribution in [2.75, 3.05) is 21.2 Å². The molecule has 118 valence electrons. The minimum atomic E-state index is -0.183. The molecular weight excluding hydrogens is 267 g/mol. The van der Waals surface area contributed by atoms with Gasteiger partial charge in [0.2, 0.25) is 0 Å². The van der Waals surface area contributed by atoms with Crippen LogP contribution in [0, 0.1) is 5.82 Å². The highest BCUT2D eigenvalue weighted by molar-refractivity contribution is 5.37. The molecule has 1 unspecified atom stereocenters. The molecule has 0 spiro atoms. The van der Waals surface area contributed by atoms with Crippen LogP contribution in [0.5, 0.6) is 5.75 Å². The van der Waals surface area contributed by atoms with Gasteiger partial charge in [0.25, 0.3) is 0 Å². The fourth-order valence-corrected chi connectivity index (χ4v) is 3.39. The molecule has 0 amide bonds. The van der Waals surface area contributed by atoms with Crippen LogP contribution in [-0.4, -0.2) is 38.2 Å². The van der Waals surface area contributed by atoms with Crippen LogP contribution in [0.25, 0.3) is 0 Å². The maximum atomic E-state index is 14.2. The number of rotatable bonds is 5. The summed E-state index contributed by atoms with van der Waals surface area (Å²) in [6.07, 6.45) is 4.69. The maximum Gasteiger partial charge on any atom is 0.131 e. The Morgan fingerprint density at radius 3 is 2.52 bits per heavy atom. The van der Waals surface area contributed by atoms with E-state index in [1.54, 1.807) is 13.2 Å². The van der Waals surface area contributed by atoms with Gasteiger partial charge in [-0.1, -0.05) is 6.07 Å². The zero-order chi connectivity index (χ0) is 15.4. The highest BCUT2D eigenvalue weighted by Gasteiger charge is 2.28. The summed E-state index contributed by atoms with van der Waals surface area (Å²) < 4.78 is 19.6. The smallest absolute Gasteiger partial charge is 0.131 e. The van der Waals surface area contributed by atoms with Crippen molar-refractivity contribution in [3.63, 3.8) is 0 Å². The van der Waals surface area contributed by atoms with Gasteiger partial charge in [0.15, 0.2) is 0 Å². The van der Waals surface area contributed by atoms with Crippen LogP contribution >= 0.6 is 0 Å². The summed E-state index contributed by atoms with van der Waals surface area (Å²) in [5.74, 6) is 0.455.